The largest absolute Gasteiger partial charge is 0.481 e. The topological polar surface area (TPSA) is 40.5 Å². The van der Waals surface area contributed by atoms with Crippen molar-refractivity contribution in [3.8, 4) is 0 Å². The lowest BCUT2D eigenvalue weighted by Crippen LogP contribution is -2.28. The molecule has 0 amide bonds. The molecule has 0 aromatic heterocycles. The summed E-state index contributed by atoms with van der Waals surface area (Å²) in [6, 6.07) is 7.79. The highest BCUT2D eigenvalue weighted by atomic mass is 35.5. The Bertz CT molecular complexity index is 426. The predicted octanol–water partition coefficient (Wildman–Crippen LogP) is 3.03. The summed E-state index contributed by atoms with van der Waals surface area (Å²) in [5.74, 6) is -0.688. The fourth-order valence-electron chi connectivity index (χ4n) is 2.42. The Kier molecular flexibility index (Phi) is 3.93. The predicted molar refractivity (Wildman–Crippen MR) is 71.7 cm³/mol. The molecule has 3 nitrogen and oxygen atoms in total. The maximum atomic E-state index is 10.8. The highest BCUT2D eigenvalue weighted by molar-refractivity contribution is 6.30. The average molecular weight is 268 g/mol. The van der Waals surface area contributed by atoms with E-state index in [-0.39, 0.29) is 11.8 Å². The second-order valence-electron chi connectivity index (χ2n) is 5.37. The first-order valence-corrected chi connectivity index (χ1v) is 6.52. The summed E-state index contributed by atoms with van der Waals surface area (Å²) in [6.45, 7) is 1.68. The van der Waals surface area contributed by atoms with Crippen molar-refractivity contribution in [2.45, 2.75) is 25.8 Å². The Morgan fingerprint density at radius 3 is 2.50 bits per heavy atom. The van der Waals surface area contributed by atoms with E-state index in [1.165, 1.54) is 5.56 Å². The molecule has 1 aromatic carbocycles. The third-order valence-electron chi connectivity index (χ3n) is 3.45. The van der Waals surface area contributed by atoms with Crippen LogP contribution in [0.1, 0.15) is 24.8 Å². The van der Waals surface area contributed by atoms with Gasteiger partial charge in [-0.1, -0.05) is 23.7 Å². The van der Waals surface area contributed by atoms with Gasteiger partial charge in [-0.2, -0.15) is 0 Å². The number of hydrogen-bond donors (Lipinski definition) is 1. The summed E-state index contributed by atoms with van der Waals surface area (Å²) in [7, 11) is 2.04. The quantitative estimate of drug-likeness (QED) is 0.861. The molecule has 1 aromatic rings. The maximum absolute atomic E-state index is 10.8. The minimum absolute atomic E-state index is 0.0208. The van der Waals surface area contributed by atoms with Gasteiger partial charge in [-0.05, 0) is 43.0 Å². The lowest BCUT2D eigenvalue weighted by atomic mass is 10.0. The smallest absolute Gasteiger partial charge is 0.303 e. The summed E-state index contributed by atoms with van der Waals surface area (Å²) < 4.78 is 0. The molecule has 4 heteroatoms. The molecule has 1 saturated carbocycles. The molecule has 0 aliphatic heterocycles. The summed E-state index contributed by atoms with van der Waals surface area (Å²) >= 11 is 5.84. The van der Waals surface area contributed by atoms with Gasteiger partial charge in [-0.25, -0.2) is 0 Å². The van der Waals surface area contributed by atoms with Gasteiger partial charge in [0.1, 0.15) is 0 Å². The van der Waals surface area contributed by atoms with Gasteiger partial charge in [0.15, 0.2) is 0 Å². The van der Waals surface area contributed by atoms with Gasteiger partial charge < -0.3 is 10.0 Å². The number of carboxylic acids is 1. The monoisotopic (exact) mass is 267 g/mol. The number of carboxylic acid groups (broad SMARTS) is 1. The van der Waals surface area contributed by atoms with Crippen LogP contribution in [0.15, 0.2) is 24.3 Å². The molecule has 0 unspecified atom stereocenters. The summed E-state index contributed by atoms with van der Waals surface area (Å²) in [5.41, 5.74) is 1.22. The first-order valence-electron chi connectivity index (χ1n) is 6.14. The van der Waals surface area contributed by atoms with Crippen LogP contribution in [0.2, 0.25) is 5.02 Å². The molecule has 1 fully saturated rings. The van der Waals surface area contributed by atoms with Crippen LogP contribution in [0, 0.1) is 5.41 Å². The van der Waals surface area contributed by atoms with Crippen molar-refractivity contribution in [3.63, 3.8) is 0 Å². The molecule has 2 rings (SSSR count). The number of carbonyl (C=O) groups is 1. The Hall–Kier alpha value is -1.06. The second kappa shape index (κ2) is 5.29. The van der Waals surface area contributed by atoms with Crippen molar-refractivity contribution < 1.29 is 9.90 Å². The van der Waals surface area contributed by atoms with Crippen molar-refractivity contribution in [1.82, 2.24) is 4.90 Å². The van der Waals surface area contributed by atoms with E-state index in [1.54, 1.807) is 0 Å². The lowest BCUT2D eigenvalue weighted by Gasteiger charge is -2.22. The van der Waals surface area contributed by atoms with Crippen molar-refractivity contribution in [3.05, 3.63) is 34.9 Å². The number of nitrogens with zero attached hydrogens (tertiary/aromatic N) is 1. The lowest BCUT2D eigenvalue weighted by molar-refractivity contribution is -0.138. The minimum atomic E-state index is -0.688. The third-order valence-corrected chi connectivity index (χ3v) is 3.71. The minimum Gasteiger partial charge on any atom is -0.481 e. The van der Waals surface area contributed by atoms with Crippen LogP contribution < -0.4 is 0 Å². The van der Waals surface area contributed by atoms with Crippen LogP contribution in [-0.4, -0.2) is 29.6 Å². The molecule has 0 saturated heterocycles. The highest BCUT2D eigenvalue weighted by Gasteiger charge is 2.44. The number of halogens is 1. The summed E-state index contributed by atoms with van der Waals surface area (Å²) in [4.78, 5) is 13.0. The molecule has 0 spiro atoms. The molecule has 0 radical (unpaired) electrons. The Balaban J connectivity index is 1.87. The molecule has 18 heavy (non-hydrogen) atoms. The van der Waals surface area contributed by atoms with Gasteiger partial charge in [0, 0.05) is 18.1 Å². The zero-order valence-corrected chi connectivity index (χ0v) is 11.3. The van der Waals surface area contributed by atoms with E-state index in [2.05, 4.69) is 4.90 Å². The molecule has 0 heterocycles. The first kappa shape index (κ1) is 13.4. The van der Waals surface area contributed by atoms with Crippen LogP contribution in [0.25, 0.3) is 0 Å². The number of benzene rings is 1. The van der Waals surface area contributed by atoms with E-state index < -0.39 is 5.97 Å². The van der Waals surface area contributed by atoms with E-state index in [1.807, 2.05) is 31.3 Å². The summed E-state index contributed by atoms with van der Waals surface area (Å²) in [6.07, 6.45) is 2.35. The molecule has 98 valence electrons. The number of hydrogen-bond acceptors (Lipinski definition) is 2. The van der Waals surface area contributed by atoms with Crippen LogP contribution in [0.3, 0.4) is 0 Å². The van der Waals surface area contributed by atoms with Crippen molar-refractivity contribution in [1.29, 1.82) is 0 Å². The second-order valence-corrected chi connectivity index (χ2v) is 5.81. The van der Waals surface area contributed by atoms with Crippen molar-refractivity contribution in [2.24, 2.45) is 5.41 Å². The Morgan fingerprint density at radius 1 is 1.39 bits per heavy atom. The zero-order chi connectivity index (χ0) is 13.2. The van der Waals surface area contributed by atoms with E-state index in [0.29, 0.717) is 0 Å². The highest BCUT2D eigenvalue weighted by Crippen LogP contribution is 2.49. The van der Waals surface area contributed by atoms with Crippen LogP contribution >= 0.6 is 11.6 Å². The van der Waals surface area contributed by atoms with E-state index in [0.717, 1.165) is 31.0 Å². The molecule has 1 aliphatic carbocycles. The van der Waals surface area contributed by atoms with Crippen molar-refractivity contribution >= 4 is 17.6 Å². The molecule has 1 aliphatic rings. The first-order chi connectivity index (χ1) is 8.49. The van der Waals surface area contributed by atoms with Crippen LogP contribution in [-0.2, 0) is 11.3 Å². The van der Waals surface area contributed by atoms with E-state index in [9.17, 15) is 4.79 Å². The molecule has 0 atom stereocenters. The van der Waals surface area contributed by atoms with Crippen LogP contribution in [0.5, 0.6) is 0 Å². The molecular formula is C14H18ClNO2. The van der Waals surface area contributed by atoms with Gasteiger partial charge in [0.25, 0.3) is 0 Å². The fraction of sp³-hybridized carbons (Fsp3) is 0.500. The van der Waals surface area contributed by atoms with Gasteiger partial charge in [-0.15, -0.1) is 0 Å². The van der Waals surface area contributed by atoms with Crippen LogP contribution in [0.4, 0.5) is 0 Å². The summed E-state index contributed by atoms with van der Waals surface area (Å²) in [5, 5.41) is 9.63. The molecular weight excluding hydrogens is 250 g/mol. The number of rotatable bonds is 6. The third kappa shape index (κ3) is 3.72. The SMILES string of the molecule is CN(Cc1ccc(Cl)cc1)CC1(CC(=O)O)CC1. The standard InChI is InChI=1S/C14H18ClNO2/c1-16(9-11-2-4-12(15)5-3-11)10-14(6-7-14)8-13(17)18/h2-5H,6-10H2,1H3,(H,17,18). The van der Waals surface area contributed by atoms with Gasteiger partial charge >= 0.3 is 5.97 Å². The number of aliphatic carboxylic acids is 1. The Morgan fingerprint density at radius 2 is 2.00 bits per heavy atom. The maximum Gasteiger partial charge on any atom is 0.303 e. The van der Waals surface area contributed by atoms with Gasteiger partial charge in [0.2, 0.25) is 0 Å². The van der Waals surface area contributed by atoms with Crippen molar-refractivity contribution in [2.75, 3.05) is 13.6 Å². The normalized spacial score (nSPS) is 16.8. The average Bonchev–Trinajstić information content (AvgIpc) is 3.00. The van der Waals surface area contributed by atoms with E-state index >= 15 is 0 Å². The van der Waals surface area contributed by atoms with E-state index in [4.69, 9.17) is 16.7 Å². The van der Waals surface area contributed by atoms with Gasteiger partial charge in [0.05, 0.1) is 6.42 Å². The van der Waals surface area contributed by atoms with Gasteiger partial charge in [-0.3, -0.25) is 4.79 Å². The molecule has 1 N–H and O–H groups in total. The molecule has 0 bridgehead atoms. The Labute approximate surface area is 112 Å². The zero-order valence-electron chi connectivity index (χ0n) is 10.5. The fourth-order valence-corrected chi connectivity index (χ4v) is 2.54.